The Morgan fingerprint density at radius 2 is 1.74 bits per heavy atom. The van der Waals surface area contributed by atoms with Crippen molar-refractivity contribution in [1.82, 2.24) is 9.62 Å². The monoisotopic (exact) mass is 508 g/mol. The summed E-state index contributed by atoms with van der Waals surface area (Å²) in [5, 5.41) is 2.72. The van der Waals surface area contributed by atoms with E-state index < -0.39 is 52.4 Å². The van der Waals surface area contributed by atoms with Crippen molar-refractivity contribution in [3.63, 3.8) is 0 Å². The second kappa shape index (κ2) is 11.0. The molecule has 1 N–H and O–H groups in total. The summed E-state index contributed by atoms with van der Waals surface area (Å²) < 4.78 is 70.7. The lowest BCUT2D eigenvalue weighted by Crippen LogP contribution is -2.47. The van der Waals surface area contributed by atoms with Crippen molar-refractivity contribution in [2.45, 2.75) is 58.3 Å². The van der Waals surface area contributed by atoms with Gasteiger partial charge in [0.05, 0.1) is 11.8 Å². The maximum absolute atomic E-state index is 14.8. The zero-order valence-corrected chi connectivity index (χ0v) is 21.1. The Morgan fingerprint density at radius 1 is 1.14 bits per heavy atom. The van der Waals surface area contributed by atoms with Crippen LogP contribution in [0, 0.1) is 11.6 Å². The minimum atomic E-state index is -3.95. The SMILES string of the molecule is C/C=C(\C)CS(=O)(=O)N1C[C@H](F)C[C@H]1C(=O)N[C@@H](c1ccccc1)c1cc(F)c(C(C)C)c(F)c1. The minimum absolute atomic E-state index is 0.0560. The van der Waals surface area contributed by atoms with Gasteiger partial charge >= 0.3 is 0 Å². The molecule has 0 saturated carbocycles. The highest BCUT2D eigenvalue weighted by molar-refractivity contribution is 7.89. The summed E-state index contributed by atoms with van der Waals surface area (Å²) in [5.41, 5.74) is 1.23. The highest BCUT2D eigenvalue weighted by Gasteiger charge is 2.44. The third-order valence-electron chi connectivity index (χ3n) is 6.20. The second-order valence-electron chi connectivity index (χ2n) is 9.21. The van der Waals surface area contributed by atoms with Gasteiger partial charge in [-0.05, 0) is 43.0 Å². The molecule has 0 bridgehead atoms. The number of nitrogens with one attached hydrogen (secondary N) is 1. The van der Waals surface area contributed by atoms with E-state index in [4.69, 9.17) is 0 Å². The normalized spacial score (nSPS) is 20.3. The van der Waals surface area contributed by atoms with E-state index in [9.17, 15) is 26.4 Å². The van der Waals surface area contributed by atoms with E-state index in [1.165, 1.54) is 12.1 Å². The summed E-state index contributed by atoms with van der Waals surface area (Å²) in [4.78, 5) is 13.3. The molecular weight excluding hydrogens is 477 g/mol. The molecule has 0 radical (unpaired) electrons. The van der Waals surface area contributed by atoms with Crippen molar-refractivity contribution >= 4 is 15.9 Å². The first kappa shape index (κ1) is 26.9. The van der Waals surface area contributed by atoms with Crippen LogP contribution in [0.4, 0.5) is 13.2 Å². The molecule has 5 nitrogen and oxygen atoms in total. The fraction of sp³-hybridized carbons (Fsp3) is 0.423. The Bertz CT molecular complexity index is 1180. The number of hydrogen-bond donors (Lipinski definition) is 1. The molecule has 0 aromatic heterocycles. The smallest absolute Gasteiger partial charge is 0.239 e. The van der Waals surface area contributed by atoms with Gasteiger partial charge in [0.2, 0.25) is 15.9 Å². The highest BCUT2D eigenvalue weighted by atomic mass is 32.2. The number of rotatable bonds is 8. The lowest BCUT2D eigenvalue weighted by atomic mass is 9.94. The molecule has 9 heteroatoms. The largest absolute Gasteiger partial charge is 0.344 e. The van der Waals surface area contributed by atoms with Crippen LogP contribution in [0.1, 0.15) is 62.8 Å². The molecular formula is C26H31F3N2O3S. The minimum Gasteiger partial charge on any atom is -0.344 e. The molecule has 3 rings (SSSR count). The van der Waals surface area contributed by atoms with Crippen LogP contribution < -0.4 is 5.32 Å². The summed E-state index contributed by atoms with van der Waals surface area (Å²) in [7, 11) is -3.95. The molecule has 2 aromatic carbocycles. The fourth-order valence-corrected chi connectivity index (χ4v) is 6.19. The highest BCUT2D eigenvalue weighted by Crippen LogP contribution is 2.31. The number of allylic oxidation sites excluding steroid dienone is 1. The van der Waals surface area contributed by atoms with Crippen molar-refractivity contribution in [3.8, 4) is 0 Å². The van der Waals surface area contributed by atoms with Crippen LogP contribution >= 0.6 is 0 Å². The van der Waals surface area contributed by atoms with E-state index in [0.717, 1.165) is 4.31 Å². The van der Waals surface area contributed by atoms with Gasteiger partial charge < -0.3 is 5.32 Å². The van der Waals surface area contributed by atoms with Crippen molar-refractivity contribution in [3.05, 3.63) is 82.4 Å². The zero-order valence-electron chi connectivity index (χ0n) is 20.3. The van der Waals surface area contributed by atoms with Gasteiger partial charge in [0.15, 0.2) is 0 Å². The fourth-order valence-electron chi connectivity index (χ4n) is 4.32. The first-order valence-corrected chi connectivity index (χ1v) is 13.1. The lowest BCUT2D eigenvalue weighted by Gasteiger charge is -2.27. The molecule has 1 saturated heterocycles. The predicted octanol–water partition coefficient (Wildman–Crippen LogP) is 5.00. The van der Waals surface area contributed by atoms with Crippen LogP contribution in [0.2, 0.25) is 0 Å². The van der Waals surface area contributed by atoms with Crippen LogP contribution in [0.15, 0.2) is 54.1 Å². The van der Waals surface area contributed by atoms with Gasteiger partial charge in [-0.3, -0.25) is 4.79 Å². The summed E-state index contributed by atoms with van der Waals surface area (Å²) in [6.45, 7) is 6.28. The summed E-state index contributed by atoms with van der Waals surface area (Å²) in [5.74, 6) is -2.90. The van der Waals surface area contributed by atoms with Crippen LogP contribution in [0.5, 0.6) is 0 Å². The molecule has 1 heterocycles. The molecule has 1 aliphatic rings. The number of carbonyl (C=O) groups excluding carboxylic acids is 1. The number of benzene rings is 2. The molecule has 1 fully saturated rings. The number of halogens is 3. The number of amides is 1. The Hall–Kier alpha value is -2.65. The molecule has 2 aromatic rings. The lowest BCUT2D eigenvalue weighted by molar-refractivity contribution is -0.124. The van der Waals surface area contributed by atoms with E-state index in [0.29, 0.717) is 11.1 Å². The molecule has 1 amide bonds. The van der Waals surface area contributed by atoms with Crippen LogP contribution in [0.3, 0.4) is 0 Å². The summed E-state index contributed by atoms with van der Waals surface area (Å²) in [6.07, 6.45) is -0.150. The van der Waals surface area contributed by atoms with Crippen LogP contribution in [-0.2, 0) is 14.8 Å². The number of nitrogens with zero attached hydrogens (tertiary/aromatic N) is 1. The van der Waals surface area contributed by atoms with Gasteiger partial charge in [-0.25, -0.2) is 21.6 Å². The molecule has 0 spiro atoms. The topological polar surface area (TPSA) is 66.5 Å². The van der Waals surface area contributed by atoms with E-state index in [1.807, 2.05) is 0 Å². The molecule has 0 unspecified atom stereocenters. The number of carbonyl (C=O) groups is 1. The van der Waals surface area contributed by atoms with Gasteiger partial charge in [-0.15, -0.1) is 0 Å². The van der Waals surface area contributed by atoms with E-state index in [2.05, 4.69) is 5.32 Å². The molecule has 35 heavy (non-hydrogen) atoms. The van der Waals surface area contributed by atoms with Gasteiger partial charge in [0.1, 0.15) is 23.8 Å². The Kier molecular flexibility index (Phi) is 8.43. The Labute approximate surface area is 205 Å². The average Bonchev–Trinajstić information content (AvgIpc) is 3.19. The maximum atomic E-state index is 14.8. The first-order chi connectivity index (χ1) is 16.4. The third kappa shape index (κ3) is 6.13. The van der Waals surface area contributed by atoms with Gasteiger partial charge in [-0.1, -0.05) is 55.8 Å². The third-order valence-corrected chi connectivity index (χ3v) is 8.14. The number of sulfonamides is 1. The van der Waals surface area contributed by atoms with Crippen LogP contribution in [0.25, 0.3) is 0 Å². The van der Waals surface area contributed by atoms with E-state index in [1.54, 1.807) is 64.1 Å². The first-order valence-electron chi connectivity index (χ1n) is 11.5. The van der Waals surface area contributed by atoms with Gasteiger partial charge in [0, 0.05) is 18.5 Å². The van der Waals surface area contributed by atoms with Crippen molar-refractivity contribution < 1.29 is 26.4 Å². The Morgan fingerprint density at radius 3 is 2.29 bits per heavy atom. The second-order valence-corrected chi connectivity index (χ2v) is 11.1. The van der Waals surface area contributed by atoms with E-state index in [-0.39, 0.29) is 29.2 Å². The molecule has 190 valence electrons. The maximum Gasteiger partial charge on any atom is 0.239 e. The predicted molar refractivity (Wildman–Crippen MR) is 130 cm³/mol. The summed E-state index contributed by atoms with van der Waals surface area (Å²) >= 11 is 0. The van der Waals surface area contributed by atoms with Crippen molar-refractivity contribution in [1.29, 1.82) is 0 Å². The van der Waals surface area contributed by atoms with Gasteiger partial charge in [-0.2, -0.15) is 4.31 Å². The van der Waals surface area contributed by atoms with Crippen molar-refractivity contribution in [2.75, 3.05) is 12.3 Å². The van der Waals surface area contributed by atoms with Crippen molar-refractivity contribution in [2.24, 2.45) is 0 Å². The van der Waals surface area contributed by atoms with Crippen LogP contribution in [-0.4, -0.2) is 43.1 Å². The van der Waals surface area contributed by atoms with Gasteiger partial charge in [0.25, 0.3) is 0 Å². The molecule has 1 aliphatic heterocycles. The van der Waals surface area contributed by atoms with E-state index >= 15 is 0 Å². The average molecular weight is 509 g/mol. The number of alkyl halides is 1. The Balaban J connectivity index is 1.97. The quantitative estimate of drug-likeness (QED) is 0.511. The number of hydrogen-bond acceptors (Lipinski definition) is 3. The molecule has 3 atom stereocenters. The zero-order chi connectivity index (χ0) is 25.9. The standard InChI is InChI=1S/C26H31F3N2O3S/c1-5-17(4)15-35(33,34)31-14-20(27)13-23(31)26(32)30-25(18-9-7-6-8-10-18)19-11-21(28)24(16(2)3)22(29)12-19/h5-12,16,20,23,25H,13-15H2,1-4H3,(H,30,32)/b17-5+/t20-,23+,25+/m1/s1. The summed E-state index contributed by atoms with van der Waals surface area (Å²) in [6, 6.07) is 8.68. The molecule has 0 aliphatic carbocycles.